The van der Waals surface area contributed by atoms with Crippen LogP contribution in [-0.4, -0.2) is 5.78 Å². The minimum absolute atomic E-state index is 0.218. The van der Waals surface area contributed by atoms with Crippen molar-refractivity contribution in [2.24, 2.45) is 0 Å². The standard InChI is InChI=1S/C12H9ClO2/c13-8-1-3-11-7(5-8)6-9-10(14)2-4-12(9)15-11/h1,3,5H,2,4,6H2. The van der Waals surface area contributed by atoms with Crippen LogP contribution in [0.15, 0.2) is 29.5 Å². The van der Waals surface area contributed by atoms with E-state index in [1.807, 2.05) is 18.2 Å². The predicted molar refractivity (Wildman–Crippen MR) is 57.1 cm³/mol. The zero-order valence-electron chi connectivity index (χ0n) is 8.05. The van der Waals surface area contributed by atoms with E-state index in [-0.39, 0.29) is 5.78 Å². The Morgan fingerprint density at radius 1 is 1.27 bits per heavy atom. The predicted octanol–water partition coefficient (Wildman–Crippen LogP) is 2.89. The fourth-order valence-electron chi connectivity index (χ4n) is 2.10. The van der Waals surface area contributed by atoms with Gasteiger partial charge in [0.2, 0.25) is 0 Å². The van der Waals surface area contributed by atoms with Crippen LogP contribution in [0.2, 0.25) is 5.02 Å². The molecule has 1 aromatic carbocycles. The molecular formula is C12H9ClO2. The van der Waals surface area contributed by atoms with Crippen LogP contribution in [0.1, 0.15) is 18.4 Å². The van der Waals surface area contributed by atoms with E-state index < -0.39 is 0 Å². The van der Waals surface area contributed by atoms with Gasteiger partial charge in [0.05, 0.1) is 0 Å². The SMILES string of the molecule is O=C1CCC2=C1Cc1cc(Cl)ccc1O2. The second kappa shape index (κ2) is 3.11. The molecule has 0 saturated carbocycles. The molecule has 2 nitrogen and oxygen atoms in total. The second-order valence-electron chi connectivity index (χ2n) is 3.86. The number of hydrogen-bond acceptors (Lipinski definition) is 2. The lowest BCUT2D eigenvalue weighted by Crippen LogP contribution is -2.09. The highest BCUT2D eigenvalue weighted by Gasteiger charge is 2.29. The number of fused-ring (bicyclic) bond motifs is 1. The van der Waals surface area contributed by atoms with Gasteiger partial charge >= 0.3 is 0 Å². The van der Waals surface area contributed by atoms with Gasteiger partial charge in [0, 0.05) is 35.4 Å². The summed E-state index contributed by atoms with van der Waals surface area (Å²) in [5.74, 6) is 1.92. The Kier molecular flexibility index (Phi) is 1.86. The molecule has 1 heterocycles. The van der Waals surface area contributed by atoms with E-state index in [0.717, 1.165) is 29.1 Å². The molecule has 2 aliphatic rings. The Hall–Kier alpha value is -1.28. The van der Waals surface area contributed by atoms with Gasteiger partial charge in [-0.05, 0) is 18.2 Å². The highest BCUT2D eigenvalue weighted by Crippen LogP contribution is 2.37. The smallest absolute Gasteiger partial charge is 0.163 e. The van der Waals surface area contributed by atoms with Gasteiger partial charge in [0.25, 0.3) is 0 Å². The topological polar surface area (TPSA) is 26.3 Å². The monoisotopic (exact) mass is 220 g/mol. The summed E-state index contributed by atoms with van der Waals surface area (Å²) in [4.78, 5) is 11.5. The molecule has 0 unspecified atom stereocenters. The number of carbonyl (C=O) groups excluding carboxylic acids is 1. The van der Waals surface area contributed by atoms with Crippen molar-refractivity contribution >= 4 is 17.4 Å². The van der Waals surface area contributed by atoms with Gasteiger partial charge in [-0.3, -0.25) is 4.79 Å². The molecule has 3 heteroatoms. The van der Waals surface area contributed by atoms with Crippen molar-refractivity contribution < 1.29 is 9.53 Å². The molecule has 76 valence electrons. The number of allylic oxidation sites excluding steroid dienone is 2. The molecule has 0 spiro atoms. The molecule has 1 aromatic rings. The maximum absolute atomic E-state index is 11.5. The maximum atomic E-state index is 11.5. The fourth-order valence-corrected chi connectivity index (χ4v) is 2.30. The highest BCUT2D eigenvalue weighted by molar-refractivity contribution is 6.30. The van der Waals surface area contributed by atoms with Crippen LogP contribution < -0.4 is 4.74 Å². The quantitative estimate of drug-likeness (QED) is 0.672. The van der Waals surface area contributed by atoms with E-state index in [0.29, 0.717) is 17.9 Å². The number of benzene rings is 1. The van der Waals surface area contributed by atoms with E-state index in [4.69, 9.17) is 16.3 Å². The van der Waals surface area contributed by atoms with Crippen LogP contribution in [0.3, 0.4) is 0 Å². The van der Waals surface area contributed by atoms with Crippen molar-refractivity contribution in [3.63, 3.8) is 0 Å². The summed E-state index contributed by atoms with van der Waals surface area (Å²) in [6, 6.07) is 5.54. The number of ketones is 1. The zero-order valence-corrected chi connectivity index (χ0v) is 8.80. The summed E-state index contributed by atoms with van der Waals surface area (Å²) in [5, 5.41) is 0.687. The average molecular weight is 221 g/mol. The van der Waals surface area contributed by atoms with Crippen LogP contribution in [0.4, 0.5) is 0 Å². The van der Waals surface area contributed by atoms with Gasteiger partial charge in [0.1, 0.15) is 11.5 Å². The van der Waals surface area contributed by atoms with Gasteiger partial charge in [0.15, 0.2) is 5.78 Å². The first-order valence-corrected chi connectivity index (χ1v) is 5.33. The van der Waals surface area contributed by atoms with Gasteiger partial charge in [-0.25, -0.2) is 0 Å². The van der Waals surface area contributed by atoms with Crippen LogP contribution in [0.25, 0.3) is 0 Å². The number of carbonyl (C=O) groups is 1. The van der Waals surface area contributed by atoms with Crippen molar-refractivity contribution in [2.75, 3.05) is 0 Å². The van der Waals surface area contributed by atoms with Gasteiger partial charge < -0.3 is 4.74 Å². The molecular weight excluding hydrogens is 212 g/mol. The molecule has 0 fully saturated rings. The third-order valence-corrected chi connectivity index (χ3v) is 3.11. The van der Waals surface area contributed by atoms with Crippen LogP contribution in [-0.2, 0) is 11.2 Å². The Morgan fingerprint density at radius 3 is 3.00 bits per heavy atom. The Balaban J connectivity index is 2.06. The summed E-state index contributed by atoms with van der Waals surface area (Å²) in [6.07, 6.45) is 2.01. The van der Waals surface area contributed by atoms with Crippen molar-refractivity contribution in [1.29, 1.82) is 0 Å². The van der Waals surface area contributed by atoms with E-state index in [9.17, 15) is 4.79 Å². The van der Waals surface area contributed by atoms with E-state index >= 15 is 0 Å². The number of halogens is 1. The summed E-state index contributed by atoms with van der Waals surface area (Å²) in [5.41, 5.74) is 1.85. The minimum Gasteiger partial charge on any atom is -0.461 e. The Bertz CT molecular complexity index is 488. The third-order valence-electron chi connectivity index (χ3n) is 2.88. The van der Waals surface area contributed by atoms with Crippen LogP contribution in [0.5, 0.6) is 5.75 Å². The summed E-state index contributed by atoms with van der Waals surface area (Å²) in [7, 11) is 0. The molecule has 15 heavy (non-hydrogen) atoms. The Morgan fingerprint density at radius 2 is 2.13 bits per heavy atom. The lowest BCUT2D eigenvalue weighted by molar-refractivity contribution is -0.115. The van der Waals surface area contributed by atoms with Gasteiger partial charge in [-0.1, -0.05) is 11.6 Å². The molecule has 0 N–H and O–H groups in total. The van der Waals surface area contributed by atoms with Crippen LogP contribution >= 0.6 is 11.6 Å². The summed E-state index contributed by atoms with van der Waals surface area (Å²) >= 11 is 5.90. The number of rotatable bonds is 0. The first-order valence-electron chi connectivity index (χ1n) is 4.95. The molecule has 0 bridgehead atoms. The fraction of sp³-hybridized carbons (Fsp3) is 0.250. The van der Waals surface area contributed by atoms with Gasteiger partial charge in [-0.2, -0.15) is 0 Å². The van der Waals surface area contributed by atoms with E-state index in [2.05, 4.69) is 0 Å². The molecule has 1 aliphatic heterocycles. The highest BCUT2D eigenvalue weighted by atomic mass is 35.5. The maximum Gasteiger partial charge on any atom is 0.163 e. The molecule has 0 atom stereocenters. The largest absolute Gasteiger partial charge is 0.461 e. The van der Waals surface area contributed by atoms with Crippen LogP contribution in [0, 0.1) is 0 Å². The number of Topliss-reactive ketones (excluding diaryl/α,β-unsaturated/α-hetero) is 1. The minimum atomic E-state index is 0.218. The second-order valence-corrected chi connectivity index (χ2v) is 4.29. The molecule has 1 aliphatic carbocycles. The van der Waals surface area contributed by atoms with E-state index in [1.165, 1.54) is 0 Å². The lowest BCUT2D eigenvalue weighted by Gasteiger charge is -2.18. The third kappa shape index (κ3) is 1.37. The summed E-state index contributed by atoms with van der Waals surface area (Å²) in [6.45, 7) is 0. The van der Waals surface area contributed by atoms with Crippen molar-refractivity contribution in [1.82, 2.24) is 0 Å². The zero-order chi connectivity index (χ0) is 10.4. The number of hydrogen-bond donors (Lipinski definition) is 0. The lowest BCUT2D eigenvalue weighted by atomic mass is 10.0. The molecule has 0 amide bonds. The van der Waals surface area contributed by atoms with Gasteiger partial charge in [-0.15, -0.1) is 0 Å². The average Bonchev–Trinajstić information content (AvgIpc) is 2.57. The molecule has 0 radical (unpaired) electrons. The molecule has 0 saturated heterocycles. The van der Waals surface area contributed by atoms with Crippen molar-refractivity contribution in [2.45, 2.75) is 19.3 Å². The first kappa shape index (κ1) is 8.98. The number of ether oxygens (including phenoxy) is 1. The van der Waals surface area contributed by atoms with Crippen molar-refractivity contribution in [3.05, 3.63) is 40.1 Å². The van der Waals surface area contributed by atoms with E-state index in [1.54, 1.807) is 0 Å². The molecule has 0 aromatic heterocycles. The normalized spacial score (nSPS) is 18.6. The first-order chi connectivity index (χ1) is 7.24. The Labute approximate surface area is 92.5 Å². The summed E-state index contributed by atoms with van der Waals surface area (Å²) < 4.78 is 5.68. The van der Waals surface area contributed by atoms with Crippen molar-refractivity contribution in [3.8, 4) is 5.75 Å². The molecule has 3 rings (SSSR count).